The van der Waals surface area contributed by atoms with E-state index in [1.54, 1.807) is 6.20 Å². The van der Waals surface area contributed by atoms with Gasteiger partial charge in [0.25, 0.3) is 0 Å². The molecule has 0 aromatic carbocycles. The zero-order valence-corrected chi connectivity index (χ0v) is 9.59. The van der Waals surface area contributed by atoms with Gasteiger partial charge in [-0.25, -0.2) is 0 Å². The minimum atomic E-state index is -0.769. The Labute approximate surface area is 95.9 Å². The first-order valence-corrected chi connectivity index (χ1v) is 5.56. The highest BCUT2D eigenvalue weighted by Gasteiger charge is 2.08. The summed E-state index contributed by atoms with van der Waals surface area (Å²) in [5.74, 6) is -0.769. The normalized spacial score (nSPS) is 10.6. The highest BCUT2D eigenvalue weighted by atomic mass is 16.4. The molecule has 1 rings (SSSR count). The average Bonchev–Trinajstić information content (AvgIpc) is 2.27. The zero-order valence-electron chi connectivity index (χ0n) is 9.59. The van der Waals surface area contributed by atoms with Crippen LogP contribution in [0.3, 0.4) is 0 Å². The molecular weight excluding hydrogens is 204 g/mol. The van der Waals surface area contributed by atoms with E-state index in [0.717, 1.165) is 31.6 Å². The minimum Gasteiger partial charge on any atom is -0.480 e. The van der Waals surface area contributed by atoms with Crippen LogP contribution < -0.4 is 0 Å². The monoisotopic (exact) mass is 222 g/mol. The molecule has 0 saturated carbocycles. The van der Waals surface area contributed by atoms with E-state index in [9.17, 15) is 4.79 Å². The van der Waals surface area contributed by atoms with Gasteiger partial charge < -0.3 is 5.11 Å². The summed E-state index contributed by atoms with van der Waals surface area (Å²) < 4.78 is 0. The Balaban J connectivity index is 2.40. The van der Waals surface area contributed by atoms with Crippen LogP contribution in [-0.2, 0) is 11.2 Å². The predicted molar refractivity (Wildman–Crippen MR) is 62.3 cm³/mol. The number of hydrogen-bond acceptors (Lipinski definition) is 3. The number of carboxylic acid groups (broad SMARTS) is 1. The van der Waals surface area contributed by atoms with Gasteiger partial charge in [-0.15, -0.1) is 0 Å². The molecule has 0 spiro atoms. The lowest BCUT2D eigenvalue weighted by atomic mass is 10.2. The lowest BCUT2D eigenvalue weighted by molar-refractivity contribution is -0.138. The second kappa shape index (κ2) is 6.95. The van der Waals surface area contributed by atoms with Gasteiger partial charge in [0.15, 0.2) is 0 Å². The molecule has 0 unspecified atom stereocenters. The van der Waals surface area contributed by atoms with E-state index in [1.807, 2.05) is 23.1 Å². The third-order valence-electron chi connectivity index (χ3n) is 2.31. The summed E-state index contributed by atoms with van der Waals surface area (Å²) in [4.78, 5) is 16.8. The van der Waals surface area contributed by atoms with E-state index in [4.69, 9.17) is 5.11 Å². The molecule has 0 fully saturated rings. The van der Waals surface area contributed by atoms with Crippen molar-refractivity contribution in [3.8, 4) is 0 Å². The van der Waals surface area contributed by atoms with Crippen molar-refractivity contribution in [2.75, 3.05) is 19.6 Å². The first-order valence-electron chi connectivity index (χ1n) is 5.56. The second-order valence-corrected chi connectivity index (χ2v) is 3.74. The molecule has 0 aliphatic heterocycles. The fourth-order valence-corrected chi connectivity index (χ4v) is 1.60. The lowest BCUT2D eigenvalue weighted by Crippen LogP contribution is -2.32. The van der Waals surface area contributed by atoms with Crippen molar-refractivity contribution in [1.82, 2.24) is 9.88 Å². The third kappa shape index (κ3) is 4.89. The van der Waals surface area contributed by atoms with Crippen molar-refractivity contribution < 1.29 is 9.90 Å². The summed E-state index contributed by atoms with van der Waals surface area (Å²) in [6.45, 7) is 3.73. The van der Waals surface area contributed by atoms with Gasteiger partial charge in [0, 0.05) is 24.9 Å². The number of carboxylic acids is 1. The molecule has 4 nitrogen and oxygen atoms in total. The van der Waals surface area contributed by atoms with Crippen molar-refractivity contribution in [3.05, 3.63) is 30.1 Å². The summed E-state index contributed by atoms with van der Waals surface area (Å²) in [7, 11) is 0. The summed E-state index contributed by atoms with van der Waals surface area (Å²) in [6, 6.07) is 5.79. The van der Waals surface area contributed by atoms with Crippen molar-refractivity contribution in [3.63, 3.8) is 0 Å². The van der Waals surface area contributed by atoms with Crippen LogP contribution in [0.1, 0.15) is 19.0 Å². The largest absolute Gasteiger partial charge is 0.480 e. The Morgan fingerprint density at radius 3 is 2.81 bits per heavy atom. The Kier molecular flexibility index (Phi) is 5.50. The van der Waals surface area contributed by atoms with Gasteiger partial charge in [0.1, 0.15) is 0 Å². The van der Waals surface area contributed by atoms with Crippen LogP contribution in [0.4, 0.5) is 0 Å². The predicted octanol–water partition coefficient (Wildman–Crippen LogP) is 1.42. The zero-order chi connectivity index (χ0) is 11.8. The van der Waals surface area contributed by atoms with E-state index >= 15 is 0 Å². The number of hydrogen-bond donors (Lipinski definition) is 1. The summed E-state index contributed by atoms with van der Waals surface area (Å²) in [6.07, 6.45) is 3.53. The number of aromatic nitrogens is 1. The number of pyridine rings is 1. The van der Waals surface area contributed by atoms with Crippen LogP contribution in [-0.4, -0.2) is 40.6 Å². The molecule has 0 atom stereocenters. The van der Waals surface area contributed by atoms with Crippen LogP contribution in [0.15, 0.2) is 24.4 Å². The molecule has 0 bridgehead atoms. The van der Waals surface area contributed by atoms with Gasteiger partial charge in [-0.05, 0) is 25.1 Å². The molecule has 88 valence electrons. The second-order valence-electron chi connectivity index (χ2n) is 3.74. The van der Waals surface area contributed by atoms with Gasteiger partial charge in [-0.2, -0.15) is 0 Å². The van der Waals surface area contributed by atoms with E-state index in [-0.39, 0.29) is 6.54 Å². The van der Waals surface area contributed by atoms with Gasteiger partial charge in [0.05, 0.1) is 6.54 Å². The topological polar surface area (TPSA) is 53.4 Å². The Bertz CT molecular complexity index is 314. The molecule has 0 aliphatic carbocycles. The van der Waals surface area contributed by atoms with Crippen molar-refractivity contribution in [2.45, 2.75) is 19.8 Å². The lowest BCUT2D eigenvalue weighted by Gasteiger charge is -2.18. The molecule has 1 aromatic heterocycles. The summed E-state index contributed by atoms with van der Waals surface area (Å²) in [5, 5.41) is 8.75. The molecule has 16 heavy (non-hydrogen) atoms. The van der Waals surface area contributed by atoms with Crippen LogP contribution in [0, 0.1) is 0 Å². The molecule has 4 heteroatoms. The maximum absolute atomic E-state index is 10.6. The summed E-state index contributed by atoms with van der Waals surface area (Å²) >= 11 is 0. The van der Waals surface area contributed by atoms with Crippen molar-refractivity contribution in [1.29, 1.82) is 0 Å². The Morgan fingerprint density at radius 1 is 1.44 bits per heavy atom. The van der Waals surface area contributed by atoms with Gasteiger partial charge in [-0.3, -0.25) is 14.7 Å². The van der Waals surface area contributed by atoms with E-state index in [0.29, 0.717) is 0 Å². The maximum atomic E-state index is 10.6. The van der Waals surface area contributed by atoms with Crippen molar-refractivity contribution in [2.24, 2.45) is 0 Å². The molecule has 1 N–H and O–H groups in total. The van der Waals surface area contributed by atoms with Gasteiger partial charge in [0.2, 0.25) is 0 Å². The van der Waals surface area contributed by atoms with Crippen LogP contribution in [0.5, 0.6) is 0 Å². The molecule has 0 saturated heterocycles. The molecule has 1 heterocycles. The highest BCUT2D eigenvalue weighted by molar-refractivity contribution is 5.69. The fourth-order valence-electron chi connectivity index (χ4n) is 1.60. The number of aliphatic carboxylic acids is 1. The van der Waals surface area contributed by atoms with Gasteiger partial charge >= 0.3 is 5.97 Å². The van der Waals surface area contributed by atoms with Crippen molar-refractivity contribution >= 4 is 5.97 Å². The Morgan fingerprint density at radius 2 is 2.25 bits per heavy atom. The molecule has 1 aromatic rings. The molecule has 0 amide bonds. The SMILES string of the molecule is CCCN(CCc1ccccn1)CC(=O)O. The van der Waals surface area contributed by atoms with Crippen LogP contribution in [0.2, 0.25) is 0 Å². The smallest absolute Gasteiger partial charge is 0.317 e. The number of nitrogens with zero attached hydrogens (tertiary/aromatic N) is 2. The number of rotatable bonds is 7. The van der Waals surface area contributed by atoms with Crippen LogP contribution in [0.25, 0.3) is 0 Å². The Hall–Kier alpha value is -1.42. The molecular formula is C12H18N2O2. The van der Waals surface area contributed by atoms with E-state index in [1.165, 1.54) is 0 Å². The van der Waals surface area contributed by atoms with Crippen LogP contribution >= 0.6 is 0 Å². The number of carbonyl (C=O) groups is 1. The first kappa shape index (κ1) is 12.6. The van der Waals surface area contributed by atoms with Gasteiger partial charge in [-0.1, -0.05) is 13.0 Å². The van der Waals surface area contributed by atoms with E-state index in [2.05, 4.69) is 11.9 Å². The van der Waals surface area contributed by atoms with E-state index < -0.39 is 5.97 Å². The first-order chi connectivity index (χ1) is 7.72. The average molecular weight is 222 g/mol. The molecule has 0 radical (unpaired) electrons. The third-order valence-corrected chi connectivity index (χ3v) is 2.31. The summed E-state index contributed by atoms with van der Waals surface area (Å²) in [5.41, 5.74) is 1.01. The highest BCUT2D eigenvalue weighted by Crippen LogP contribution is 1.98. The standard InChI is InChI=1S/C12H18N2O2/c1-2-8-14(10-12(15)16)9-6-11-5-3-4-7-13-11/h3-5,7H,2,6,8-10H2,1H3,(H,15,16). The molecule has 0 aliphatic rings. The maximum Gasteiger partial charge on any atom is 0.317 e. The fraction of sp³-hybridized carbons (Fsp3) is 0.500. The quantitative estimate of drug-likeness (QED) is 0.758. The minimum absolute atomic E-state index is 0.112.